The maximum atomic E-state index is 4.32. The van der Waals surface area contributed by atoms with Crippen molar-refractivity contribution in [3.05, 3.63) is 17.7 Å². The molecule has 2 fully saturated rings. The van der Waals surface area contributed by atoms with Gasteiger partial charge in [0.05, 0.1) is 0 Å². The Balaban J connectivity index is 1.59. The van der Waals surface area contributed by atoms with E-state index in [-0.39, 0.29) is 0 Å². The number of hydrogen-bond donors (Lipinski definition) is 1. The first-order valence-corrected chi connectivity index (χ1v) is 7.78. The van der Waals surface area contributed by atoms with Crippen LogP contribution in [0.1, 0.15) is 43.6 Å². The molecule has 0 bridgehead atoms. The lowest BCUT2D eigenvalue weighted by molar-refractivity contribution is 0.105. The minimum atomic E-state index is 0.746. The van der Waals surface area contributed by atoms with Gasteiger partial charge < -0.3 is 9.88 Å². The Hall–Kier alpha value is -0.870. The Morgan fingerprint density at radius 3 is 2.74 bits per heavy atom. The van der Waals surface area contributed by atoms with Crippen molar-refractivity contribution < 1.29 is 0 Å². The number of nitrogens with zero attached hydrogens (tertiary/aromatic N) is 3. The Kier molecular flexibility index (Phi) is 4.18. The molecule has 2 aliphatic rings. The lowest BCUT2D eigenvalue weighted by atomic mass is 10.0. The lowest BCUT2D eigenvalue weighted by Crippen LogP contribution is -2.45. The predicted octanol–water partition coefficient (Wildman–Crippen LogP) is 2.17. The summed E-state index contributed by atoms with van der Waals surface area (Å²) in [7, 11) is 0. The van der Waals surface area contributed by atoms with Crippen molar-refractivity contribution in [1.29, 1.82) is 0 Å². The van der Waals surface area contributed by atoms with Crippen molar-refractivity contribution in [2.75, 3.05) is 26.2 Å². The number of imidazole rings is 1. The largest absolute Gasteiger partial charge is 0.345 e. The first-order chi connectivity index (χ1) is 9.31. The minimum Gasteiger partial charge on any atom is -0.345 e. The molecule has 0 amide bonds. The molecule has 106 valence electrons. The molecule has 3 heterocycles. The van der Waals surface area contributed by atoms with Crippen molar-refractivity contribution in [1.82, 2.24) is 19.8 Å². The Labute approximate surface area is 116 Å². The van der Waals surface area contributed by atoms with E-state index in [9.17, 15) is 0 Å². The first kappa shape index (κ1) is 13.1. The molecule has 4 heteroatoms. The van der Waals surface area contributed by atoms with Gasteiger partial charge in [-0.3, -0.25) is 4.90 Å². The molecule has 0 aromatic carbocycles. The molecule has 1 N–H and O–H groups in total. The van der Waals surface area contributed by atoms with Gasteiger partial charge >= 0.3 is 0 Å². The number of H-pyrrole nitrogens is 1. The van der Waals surface area contributed by atoms with Gasteiger partial charge in [0, 0.05) is 31.0 Å². The number of hydrogen-bond acceptors (Lipinski definition) is 3. The topological polar surface area (TPSA) is 35.2 Å². The summed E-state index contributed by atoms with van der Waals surface area (Å²) in [6.45, 7) is 8.21. The SMILES string of the molecule is Cc1ncc(CN2CCCC[C@@H]2CN2CCCC2)[nH]1. The zero-order chi connectivity index (χ0) is 13.1. The Morgan fingerprint density at radius 1 is 1.21 bits per heavy atom. The van der Waals surface area contributed by atoms with Crippen LogP contribution in [0.25, 0.3) is 0 Å². The molecular formula is C15H26N4. The second-order valence-corrected chi connectivity index (χ2v) is 6.12. The van der Waals surface area contributed by atoms with Crippen LogP contribution < -0.4 is 0 Å². The molecule has 0 saturated carbocycles. The van der Waals surface area contributed by atoms with E-state index in [2.05, 4.69) is 19.8 Å². The van der Waals surface area contributed by atoms with E-state index in [1.165, 1.54) is 64.0 Å². The van der Waals surface area contributed by atoms with Gasteiger partial charge in [-0.1, -0.05) is 6.42 Å². The number of aryl methyl sites for hydroxylation is 1. The average Bonchev–Trinajstić information content (AvgIpc) is 3.04. The molecule has 0 radical (unpaired) electrons. The highest BCUT2D eigenvalue weighted by atomic mass is 15.2. The summed E-state index contributed by atoms with van der Waals surface area (Å²) in [5.41, 5.74) is 1.27. The van der Waals surface area contributed by atoms with E-state index < -0.39 is 0 Å². The normalized spacial score (nSPS) is 26.1. The van der Waals surface area contributed by atoms with Gasteiger partial charge in [0.25, 0.3) is 0 Å². The third-order valence-electron chi connectivity index (χ3n) is 4.55. The summed E-state index contributed by atoms with van der Waals surface area (Å²) in [6.07, 6.45) is 8.90. The molecule has 2 saturated heterocycles. The average molecular weight is 262 g/mol. The van der Waals surface area contributed by atoms with E-state index in [4.69, 9.17) is 0 Å². The summed E-state index contributed by atoms with van der Waals surface area (Å²) in [5.74, 6) is 1.03. The zero-order valence-electron chi connectivity index (χ0n) is 12.1. The lowest BCUT2D eigenvalue weighted by Gasteiger charge is -2.37. The van der Waals surface area contributed by atoms with Crippen LogP contribution in [0, 0.1) is 6.92 Å². The Morgan fingerprint density at radius 2 is 2.00 bits per heavy atom. The molecule has 0 unspecified atom stereocenters. The van der Waals surface area contributed by atoms with Crippen LogP contribution >= 0.6 is 0 Å². The quantitative estimate of drug-likeness (QED) is 0.903. The maximum absolute atomic E-state index is 4.32. The van der Waals surface area contributed by atoms with Gasteiger partial charge in [-0.25, -0.2) is 4.98 Å². The highest BCUT2D eigenvalue weighted by Crippen LogP contribution is 2.21. The van der Waals surface area contributed by atoms with Crippen molar-refractivity contribution in [2.45, 2.75) is 51.6 Å². The van der Waals surface area contributed by atoms with Crippen LogP contribution in [-0.4, -0.2) is 52.0 Å². The van der Waals surface area contributed by atoms with Gasteiger partial charge in [-0.15, -0.1) is 0 Å². The van der Waals surface area contributed by atoms with Crippen LogP contribution in [0.5, 0.6) is 0 Å². The summed E-state index contributed by atoms with van der Waals surface area (Å²) >= 11 is 0. The summed E-state index contributed by atoms with van der Waals surface area (Å²) in [6, 6.07) is 0.746. The van der Waals surface area contributed by atoms with Crippen LogP contribution in [0.3, 0.4) is 0 Å². The third kappa shape index (κ3) is 3.37. The second kappa shape index (κ2) is 6.06. The molecule has 1 aromatic rings. The molecule has 1 aromatic heterocycles. The maximum Gasteiger partial charge on any atom is 0.103 e. The van der Waals surface area contributed by atoms with Gasteiger partial charge in [-0.05, 0) is 52.2 Å². The number of aromatic nitrogens is 2. The number of likely N-dealkylation sites (tertiary alicyclic amines) is 2. The second-order valence-electron chi connectivity index (χ2n) is 6.12. The molecule has 4 nitrogen and oxygen atoms in total. The van der Waals surface area contributed by atoms with Gasteiger partial charge in [-0.2, -0.15) is 0 Å². The smallest absolute Gasteiger partial charge is 0.103 e. The van der Waals surface area contributed by atoms with E-state index in [0.29, 0.717) is 0 Å². The number of nitrogens with one attached hydrogen (secondary N) is 1. The molecular weight excluding hydrogens is 236 g/mol. The molecule has 19 heavy (non-hydrogen) atoms. The van der Waals surface area contributed by atoms with Gasteiger partial charge in [0.2, 0.25) is 0 Å². The molecule has 0 spiro atoms. The minimum absolute atomic E-state index is 0.746. The number of piperidine rings is 1. The van der Waals surface area contributed by atoms with Crippen molar-refractivity contribution in [3.8, 4) is 0 Å². The van der Waals surface area contributed by atoms with Crippen molar-refractivity contribution in [3.63, 3.8) is 0 Å². The van der Waals surface area contributed by atoms with Crippen LogP contribution in [-0.2, 0) is 6.54 Å². The zero-order valence-corrected chi connectivity index (χ0v) is 12.1. The molecule has 2 aliphatic heterocycles. The highest BCUT2D eigenvalue weighted by molar-refractivity contribution is 5.00. The first-order valence-electron chi connectivity index (χ1n) is 7.78. The van der Waals surface area contributed by atoms with Gasteiger partial charge in [0.15, 0.2) is 0 Å². The van der Waals surface area contributed by atoms with Crippen LogP contribution in [0.15, 0.2) is 6.20 Å². The summed E-state index contributed by atoms with van der Waals surface area (Å²) in [5, 5.41) is 0. The number of rotatable bonds is 4. The van der Waals surface area contributed by atoms with E-state index in [1.54, 1.807) is 0 Å². The van der Waals surface area contributed by atoms with Gasteiger partial charge in [0.1, 0.15) is 5.82 Å². The standard InChI is InChI=1S/C15H26N4/c1-13-16-10-14(17-13)11-19-9-3-2-6-15(19)12-18-7-4-5-8-18/h10,15H,2-9,11-12H2,1H3,(H,16,17)/t15-/m1/s1. The molecule has 3 rings (SSSR count). The predicted molar refractivity (Wildman–Crippen MR) is 77.0 cm³/mol. The fraction of sp³-hybridized carbons (Fsp3) is 0.800. The van der Waals surface area contributed by atoms with Crippen LogP contribution in [0.4, 0.5) is 0 Å². The third-order valence-corrected chi connectivity index (χ3v) is 4.55. The molecule has 1 atom stereocenters. The molecule has 0 aliphatic carbocycles. The Bertz CT molecular complexity index is 395. The van der Waals surface area contributed by atoms with Crippen molar-refractivity contribution >= 4 is 0 Å². The highest BCUT2D eigenvalue weighted by Gasteiger charge is 2.25. The summed E-state index contributed by atoms with van der Waals surface area (Å²) in [4.78, 5) is 13.0. The van der Waals surface area contributed by atoms with Crippen molar-refractivity contribution in [2.24, 2.45) is 0 Å². The van der Waals surface area contributed by atoms with E-state index in [0.717, 1.165) is 18.4 Å². The fourth-order valence-corrected chi connectivity index (χ4v) is 3.51. The fourth-order valence-electron chi connectivity index (χ4n) is 3.51. The van der Waals surface area contributed by atoms with E-state index >= 15 is 0 Å². The number of aromatic amines is 1. The van der Waals surface area contributed by atoms with Crippen LogP contribution in [0.2, 0.25) is 0 Å². The monoisotopic (exact) mass is 262 g/mol. The van der Waals surface area contributed by atoms with E-state index in [1.807, 2.05) is 13.1 Å². The summed E-state index contributed by atoms with van der Waals surface area (Å²) < 4.78 is 0.